The molecular formula is C19H22ClNO2S. The highest BCUT2D eigenvalue weighted by Crippen LogP contribution is 2.20. The third kappa shape index (κ3) is 6.85. The van der Waals surface area contributed by atoms with Gasteiger partial charge in [0.05, 0.1) is 6.54 Å². The van der Waals surface area contributed by atoms with Crippen LogP contribution in [0.5, 0.6) is 5.75 Å². The number of amides is 1. The molecule has 0 aromatic heterocycles. The molecule has 2 rings (SSSR count). The first-order valence-corrected chi connectivity index (χ1v) is 9.25. The van der Waals surface area contributed by atoms with Crippen LogP contribution < -0.4 is 10.1 Å². The zero-order valence-corrected chi connectivity index (χ0v) is 15.5. The summed E-state index contributed by atoms with van der Waals surface area (Å²) in [6, 6.07) is 13.7. The molecule has 2 aromatic rings. The van der Waals surface area contributed by atoms with Gasteiger partial charge < -0.3 is 10.1 Å². The molecule has 0 bridgehead atoms. The van der Waals surface area contributed by atoms with Crippen LogP contribution in [-0.4, -0.2) is 24.8 Å². The molecule has 0 heterocycles. The lowest BCUT2D eigenvalue weighted by molar-refractivity contribution is -0.120. The normalized spacial score (nSPS) is 10.5. The summed E-state index contributed by atoms with van der Waals surface area (Å²) in [7, 11) is 0. The van der Waals surface area contributed by atoms with Gasteiger partial charge in [-0.1, -0.05) is 17.7 Å². The lowest BCUT2D eigenvalue weighted by atomic mass is 10.1. The Morgan fingerprint density at radius 1 is 1.12 bits per heavy atom. The minimum Gasteiger partial charge on any atom is -0.492 e. The van der Waals surface area contributed by atoms with Gasteiger partial charge in [0.1, 0.15) is 12.4 Å². The first-order valence-electron chi connectivity index (χ1n) is 7.89. The third-order valence-electron chi connectivity index (χ3n) is 3.30. The number of hydrogen-bond donors (Lipinski definition) is 1. The number of carbonyl (C=O) groups is 1. The predicted octanol–water partition coefficient (Wildman–Crippen LogP) is 4.63. The predicted molar refractivity (Wildman–Crippen MR) is 101 cm³/mol. The second-order valence-corrected chi connectivity index (χ2v) is 7.18. The van der Waals surface area contributed by atoms with Crippen LogP contribution in [0.1, 0.15) is 17.5 Å². The molecule has 0 radical (unpaired) electrons. The van der Waals surface area contributed by atoms with E-state index >= 15 is 0 Å². The van der Waals surface area contributed by atoms with Crippen molar-refractivity contribution in [2.24, 2.45) is 0 Å². The zero-order valence-electron chi connectivity index (χ0n) is 14.0. The fourth-order valence-corrected chi connectivity index (χ4v) is 3.23. The number of ether oxygens (including phenoxy) is 1. The molecule has 0 saturated carbocycles. The van der Waals surface area contributed by atoms with Crippen LogP contribution in [0.15, 0.2) is 47.4 Å². The van der Waals surface area contributed by atoms with Crippen molar-refractivity contribution in [3.63, 3.8) is 0 Å². The van der Waals surface area contributed by atoms with E-state index in [1.807, 2.05) is 50.2 Å². The molecule has 0 aliphatic carbocycles. The highest BCUT2D eigenvalue weighted by Gasteiger charge is 2.02. The second-order valence-electron chi connectivity index (χ2n) is 5.57. The van der Waals surface area contributed by atoms with Crippen molar-refractivity contribution < 1.29 is 9.53 Å². The summed E-state index contributed by atoms with van der Waals surface area (Å²) in [5.74, 6) is 1.63. The minimum atomic E-state index is 0.0421. The molecule has 24 heavy (non-hydrogen) atoms. The SMILES string of the molecule is Cc1cc(C)cc(OCCNC(=O)CCSc2ccc(Cl)cc2)c1. The topological polar surface area (TPSA) is 38.3 Å². The molecule has 1 N–H and O–H groups in total. The number of nitrogens with one attached hydrogen (secondary N) is 1. The lowest BCUT2D eigenvalue weighted by Gasteiger charge is -2.09. The molecule has 0 spiro atoms. The van der Waals surface area contributed by atoms with E-state index in [4.69, 9.17) is 16.3 Å². The summed E-state index contributed by atoms with van der Waals surface area (Å²) >= 11 is 7.49. The molecule has 0 atom stereocenters. The number of rotatable bonds is 8. The van der Waals surface area contributed by atoms with Gasteiger partial charge in [-0.05, 0) is 61.4 Å². The highest BCUT2D eigenvalue weighted by molar-refractivity contribution is 7.99. The molecule has 128 valence electrons. The smallest absolute Gasteiger partial charge is 0.220 e. The van der Waals surface area contributed by atoms with Crippen LogP contribution in [-0.2, 0) is 4.79 Å². The van der Waals surface area contributed by atoms with Gasteiger partial charge >= 0.3 is 0 Å². The Labute approximate surface area is 152 Å². The summed E-state index contributed by atoms with van der Waals surface area (Å²) in [4.78, 5) is 12.9. The van der Waals surface area contributed by atoms with E-state index in [2.05, 4.69) is 11.4 Å². The number of benzene rings is 2. The van der Waals surface area contributed by atoms with E-state index in [0.29, 0.717) is 19.6 Å². The third-order valence-corrected chi connectivity index (χ3v) is 4.57. The van der Waals surface area contributed by atoms with E-state index in [9.17, 15) is 4.79 Å². The monoisotopic (exact) mass is 363 g/mol. The maximum Gasteiger partial charge on any atom is 0.220 e. The fraction of sp³-hybridized carbons (Fsp3) is 0.316. The molecular weight excluding hydrogens is 342 g/mol. The number of hydrogen-bond acceptors (Lipinski definition) is 3. The van der Waals surface area contributed by atoms with Crippen molar-refractivity contribution in [3.05, 3.63) is 58.6 Å². The van der Waals surface area contributed by atoms with Crippen molar-refractivity contribution in [2.75, 3.05) is 18.9 Å². The molecule has 3 nitrogen and oxygen atoms in total. The van der Waals surface area contributed by atoms with Crippen molar-refractivity contribution in [3.8, 4) is 5.75 Å². The van der Waals surface area contributed by atoms with E-state index < -0.39 is 0 Å². The van der Waals surface area contributed by atoms with E-state index in [1.165, 1.54) is 11.1 Å². The summed E-state index contributed by atoms with van der Waals surface area (Å²) in [6.45, 7) is 5.07. The number of carbonyl (C=O) groups excluding carboxylic acids is 1. The van der Waals surface area contributed by atoms with Crippen LogP contribution in [0.3, 0.4) is 0 Å². The maximum absolute atomic E-state index is 11.8. The average Bonchev–Trinajstić information content (AvgIpc) is 2.53. The van der Waals surface area contributed by atoms with Crippen LogP contribution in [0.4, 0.5) is 0 Å². The van der Waals surface area contributed by atoms with Crippen molar-refractivity contribution in [2.45, 2.75) is 25.2 Å². The molecule has 0 saturated heterocycles. The van der Waals surface area contributed by atoms with Gasteiger partial charge in [-0.3, -0.25) is 4.79 Å². The first kappa shape index (κ1) is 18.7. The molecule has 2 aromatic carbocycles. The number of thioether (sulfide) groups is 1. The average molecular weight is 364 g/mol. The molecule has 5 heteroatoms. The molecule has 0 aliphatic rings. The van der Waals surface area contributed by atoms with E-state index in [0.717, 1.165) is 21.4 Å². The van der Waals surface area contributed by atoms with Gasteiger partial charge in [-0.2, -0.15) is 0 Å². The molecule has 0 unspecified atom stereocenters. The standard InChI is InChI=1S/C19H22ClNO2S/c1-14-11-15(2)13-17(12-14)23-9-8-21-19(22)7-10-24-18-5-3-16(20)4-6-18/h3-6,11-13H,7-10H2,1-2H3,(H,21,22). The Balaban J connectivity index is 1.60. The van der Waals surface area contributed by atoms with Gasteiger partial charge in [0, 0.05) is 22.1 Å². The first-order chi connectivity index (χ1) is 11.5. The van der Waals surface area contributed by atoms with E-state index in [1.54, 1.807) is 11.8 Å². The van der Waals surface area contributed by atoms with Gasteiger partial charge in [0.2, 0.25) is 5.91 Å². The molecule has 0 fully saturated rings. The van der Waals surface area contributed by atoms with Gasteiger partial charge in [-0.25, -0.2) is 0 Å². The van der Waals surface area contributed by atoms with Crippen molar-refractivity contribution in [1.29, 1.82) is 0 Å². The number of aryl methyl sites for hydroxylation is 2. The fourth-order valence-electron chi connectivity index (χ4n) is 2.26. The van der Waals surface area contributed by atoms with Gasteiger partial charge in [0.15, 0.2) is 0 Å². The molecule has 0 aliphatic heterocycles. The Kier molecular flexibility index (Phi) is 7.47. The Hall–Kier alpha value is -1.65. The summed E-state index contributed by atoms with van der Waals surface area (Å²) in [6.07, 6.45) is 0.483. The Morgan fingerprint density at radius 3 is 2.46 bits per heavy atom. The largest absolute Gasteiger partial charge is 0.492 e. The Bertz CT molecular complexity index is 653. The van der Waals surface area contributed by atoms with Crippen LogP contribution in [0.25, 0.3) is 0 Å². The van der Waals surface area contributed by atoms with Gasteiger partial charge in [-0.15, -0.1) is 11.8 Å². The van der Waals surface area contributed by atoms with Gasteiger partial charge in [0.25, 0.3) is 0 Å². The van der Waals surface area contributed by atoms with E-state index in [-0.39, 0.29) is 5.91 Å². The quantitative estimate of drug-likeness (QED) is 0.548. The van der Waals surface area contributed by atoms with Crippen molar-refractivity contribution in [1.82, 2.24) is 5.32 Å². The zero-order chi connectivity index (χ0) is 17.4. The summed E-state index contributed by atoms with van der Waals surface area (Å²) in [5.41, 5.74) is 2.35. The highest BCUT2D eigenvalue weighted by atomic mass is 35.5. The Morgan fingerprint density at radius 2 is 1.79 bits per heavy atom. The molecule has 1 amide bonds. The summed E-state index contributed by atoms with van der Waals surface area (Å²) in [5, 5.41) is 3.60. The lowest BCUT2D eigenvalue weighted by Crippen LogP contribution is -2.28. The maximum atomic E-state index is 11.8. The van der Waals surface area contributed by atoms with Crippen LogP contribution in [0, 0.1) is 13.8 Å². The van der Waals surface area contributed by atoms with Crippen LogP contribution >= 0.6 is 23.4 Å². The number of halogens is 1. The second kappa shape index (κ2) is 9.60. The van der Waals surface area contributed by atoms with Crippen LogP contribution in [0.2, 0.25) is 5.02 Å². The van der Waals surface area contributed by atoms with Crippen molar-refractivity contribution >= 4 is 29.3 Å². The summed E-state index contributed by atoms with van der Waals surface area (Å²) < 4.78 is 5.67. The minimum absolute atomic E-state index is 0.0421.